The smallest absolute Gasteiger partial charge is 0.323 e. The minimum atomic E-state index is -0.757. The van der Waals surface area contributed by atoms with E-state index in [0.717, 1.165) is 16.7 Å². The number of hydrogen-bond donors (Lipinski definition) is 1. The molecule has 0 saturated heterocycles. The van der Waals surface area contributed by atoms with Crippen molar-refractivity contribution in [2.24, 2.45) is 5.73 Å². The predicted octanol–water partition coefficient (Wildman–Crippen LogP) is 5.06. The van der Waals surface area contributed by atoms with Gasteiger partial charge in [0.25, 0.3) is 0 Å². The quantitative estimate of drug-likeness (QED) is 0.478. The second kappa shape index (κ2) is 10.8. The van der Waals surface area contributed by atoms with Crippen LogP contribution in [0.5, 0.6) is 11.5 Å². The van der Waals surface area contributed by atoms with Gasteiger partial charge in [0, 0.05) is 0 Å². The third-order valence-corrected chi connectivity index (χ3v) is 4.65. The molecule has 1 atom stereocenters. The molecule has 2 N–H and O–H groups in total. The van der Waals surface area contributed by atoms with Crippen molar-refractivity contribution in [1.82, 2.24) is 0 Å². The maximum absolute atomic E-state index is 12.3. The summed E-state index contributed by atoms with van der Waals surface area (Å²) in [6.45, 7) is 6.31. The summed E-state index contributed by atoms with van der Waals surface area (Å²) < 4.78 is 17.5. The fourth-order valence-corrected chi connectivity index (χ4v) is 3.10. The Hall–Kier alpha value is -3.31. The Kier molecular flexibility index (Phi) is 7.90. The molecule has 0 aliphatic heterocycles. The summed E-state index contributed by atoms with van der Waals surface area (Å²) >= 11 is 0. The molecule has 0 fully saturated rings. The summed E-state index contributed by atoms with van der Waals surface area (Å²) in [4.78, 5) is 12.3. The van der Waals surface area contributed by atoms with E-state index in [9.17, 15) is 4.79 Å². The Bertz CT molecular complexity index is 997. The van der Waals surface area contributed by atoms with E-state index in [1.54, 1.807) is 0 Å². The number of hydrogen-bond acceptors (Lipinski definition) is 5. The molecule has 168 valence electrons. The van der Waals surface area contributed by atoms with Gasteiger partial charge in [-0.05, 0) is 56.0 Å². The number of esters is 1. The van der Waals surface area contributed by atoms with Gasteiger partial charge in [0.1, 0.15) is 24.9 Å². The molecule has 0 heterocycles. The third kappa shape index (κ3) is 7.43. The molecular formula is C27H31NO4. The van der Waals surface area contributed by atoms with Crippen LogP contribution in [-0.2, 0) is 29.2 Å². The maximum atomic E-state index is 12.3. The van der Waals surface area contributed by atoms with Gasteiger partial charge in [-0.15, -0.1) is 0 Å². The molecule has 32 heavy (non-hydrogen) atoms. The minimum absolute atomic E-state index is 0.343. The fraction of sp³-hybridized carbons (Fsp3) is 0.296. The lowest BCUT2D eigenvalue weighted by Crippen LogP contribution is -2.38. The number of benzene rings is 3. The van der Waals surface area contributed by atoms with Crippen LogP contribution in [0, 0.1) is 0 Å². The summed E-state index contributed by atoms with van der Waals surface area (Å²) in [7, 11) is 0. The lowest BCUT2D eigenvalue weighted by Gasteiger charge is -2.22. The Morgan fingerprint density at radius 1 is 0.781 bits per heavy atom. The number of ether oxygens (including phenoxy) is 3. The standard InChI is InChI=1S/C27H31NO4/c1-27(2,3)32-26(29)23(28)16-22-14-15-24(30-18-20-10-6-4-7-11-20)25(17-22)31-19-21-12-8-5-9-13-21/h4-15,17,23H,16,18-19,28H2,1-3H3/t23-/m0/s1. The summed E-state index contributed by atoms with van der Waals surface area (Å²) in [5.74, 6) is 0.826. The zero-order valence-corrected chi connectivity index (χ0v) is 18.9. The largest absolute Gasteiger partial charge is 0.485 e. The average molecular weight is 434 g/mol. The summed E-state index contributed by atoms with van der Waals surface area (Å²) in [5.41, 5.74) is 8.52. The maximum Gasteiger partial charge on any atom is 0.323 e. The summed E-state index contributed by atoms with van der Waals surface area (Å²) in [5, 5.41) is 0. The summed E-state index contributed by atoms with van der Waals surface area (Å²) in [6.07, 6.45) is 0.343. The molecule has 5 heteroatoms. The molecule has 0 aliphatic rings. The molecule has 0 bridgehead atoms. The molecule has 0 amide bonds. The monoisotopic (exact) mass is 433 g/mol. The topological polar surface area (TPSA) is 70.8 Å². The van der Waals surface area contributed by atoms with E-state index in [2.05, 4.69) is 0 Å². The van der Waals surface area contributed by atoms with Gasteiger partial charge < -0.3 is 19.9 Å². The zero-order chi connectivity index (χ0) is 23.0. The Morgan fingerprint density at radius 2 is 1.31 bits per heavy atom. The highest BCUT2D eigenvalue weighted by Crippen LogP contribution is 2.30. The van der Waals surface area contributed by atoms with Crippen molar-refractivity contribution in [3.05, 3.63) is 95.6 Å². The Labute approximate surface area is 190 Å². The Morgan fingerprint density at radius 3 is 1.84 bits per heavy atom. The van der Waals surface area contributed by atoms with E-state index < -0.39 is 17.6 Å². The van der Waals surface area contributed by atoms with Crippen molar-refractivity contribution < 1.29 is 19.0 Å². The van der Waals surface area contributed by atoms with E-state index in [-0.39, 0.29) is 0 Å². The SMILES string of the molecule is CC(C)(C)OC(=O)[C@@H](N)Cc1ccc(OCc2ccccc2)c(OCc2ccccc2)c1. The predicted molar refractivity (Wildman–Crippen MR) is 126 cm³/mol. The third-order valence-electron chi connectivity index (χ3n) is 4.65. The van der Waals surface area contributed by atoms with Crippen LogP contribution in [0.2, 0.25) is 0 Å². The molecule has 0 aromatic heterocycles. The first-order valence-electron chi connectivity index (χ1n) is 10.7. The first-order chi connectivity index (χ1) is 15.3. The van der Waals surface area contributed by atoms with Gasteiger partial charge in [-0.3, -0.25) is 4.79 Å². The summed E-state index contributed by atoms with van der Waals surface area (Å²) in [6, 6.07) is 24.8. The van der Waals surface area contributed by atoms with Crippen LogP contribution in [0.3, 0.4) is 0 Å². The molecule has 0 aliphatic carbocycles. The number of carbonyl (C=O) groups excluding carboxylic acids is 1. The average Bonchev–Trinajstić information content (AvgIpc) is 2.77. The van der Waals surface area contributed by atoms with Gasteiger partial charge in [-0.1, -0.05) is 66.7 Å². The van der Waals surface area contributed by atoms with Crippen molar-refractivity contribution in [3.63, 3.8) is 0 Å². The molecule has 0 radical (unpaired) electrons. The van der Waals surface area contributed by atoms with Crippen molar-refractivity contribution >= 4 is 5.97 Å². The Balaban J connectivity index is 1.74. The van der Waals surface area contributed by atoms with Gasteiger partial charge in [0.15, 0.2) is 11.5 Å². The van der Waals surface area contributed by atoms with Crippen LogP contribution in [-0.4, -0.2) is 17.6 Å². The van der Waals surface area contributed by atoms with Crippen LogP contribution < -0.4 is 15.2 Å². The first-order valence-corrected chi connectivity index (χ1v) is 10.7. The first kappa shape index (κ1) is 23.4. The van der Waals surface area contributed by atoms with E-state index >= 15 is 0 Å². The van der Waals surface area contributed by atoms with Crippen molar-refractivity contribution in [2.75, 3.05) is 0 Å². The van der Waals surface area contributed by atoms with E-state index in [4.69, 9.17) is 19.9 Å². The lowest BCUT2D eigenvalue weighted by molar-refractivity contribution is -0.156. The fourth-order valence-electron chi connectivity index (χ4n) is 3.10. The van der Waals surface area contributed by atoms with E-state index in [1.807, 2.05) is 99.6 Å². The second-order valence-electron chi connectivity index (χ2n) is 8.67. The van der Waals surface area contributed by atoms with Gasteiger partial charge in [-0.25, -0.2) is 0 Å². The molecule has 3 aromatic rings. The molecular weight excluding hydrogens is 402 g/mol. The molecule has 3 rings (SSSR count). The number of nitrogens with two attached hydrogens (primary N) is 1. The number of carbonyl (C=O) groups is 1. The normalized spacial score (nSPS) is 12.1. The van der Waals surface area contributed by atoms with Gasteiger partial charge in [0.05, 0.1) is 0 Å². The van der Waals surface area contributed by atoms with Crippen molar-refractivity contribution in [1.29, 1.82) is 0 Å². The van der Waals surface area contributed by atoms with Crippen LogP contribution in [0.25, 0.3) is 0 Å². The highest BCUT2D eigenvalue weighted by atomic mass is 16.6. The lowest BCUT2D eigenvalue weighted by atomic mass is 10.1. The van der Waals surface area contributed by atoms with Gasteiger partial charge in [0.2, 0.25) is 0 Å². The van der Waals surface area contributed by atoms with Crippen LogP contribution in [0.4, 0.5) is 0 Å². The minimum Gasteiger partial charge on any atom is -0.485 e. The molecule has 3 aromatic carbocycles. The van der Waals surface area contributed by atoms with Gasteiger partial charge >= 0.3 is 5.97 Å². The van der Waals surface area contributed by atoms with Gasteiger partial charge in [-0.2, -0.15) is 0 Å². The van der Waals surface area contributed by atoms with Crippen LogP contribution in [0.15, 0.2) is 78.9 Å². The molecule has 0 unspecified atom stereocenters. The highest BCUT2D eigenvalue weighted by Gasteiger charge is 2.23. The molecule has 0 saturated carbocycles. The van der Waals surface area contributed by atoms with Crippen molar-refractivity contribution in [3.8, 4) is 11.5 Å². The second-order valence-corrected chi connectivity index (χ2v) is 8.67. The molecule has 5 nitrogen and oxygen atoms in total. The highest BCUT2D eigenvalue weighted by molar-refractivity contribution is 5.76. The molecule has 0 spiro atoms. The van der Waals surface area contributed by atoms with Crippen molar-refractivity contribution in [2.45, 2.75) is 52.0 Å². The number of rotatable bonds is 9. The van der Waals surface area contributed by atoms with Crippen LogP contribution >= 0.6 is 0 Å². The van der Waals surface area contributed by atoms with E-state index in [0.29, 0.717) is 31.1 Å². The van der Waals surface area contributed by atoms with Crippen LogP contribution in [0.1, 0.15) is 37.5 Å². The zero-order valence-electron chi connectivity index (χ0n) is 18.9. The van der Waals surface area contributed by atoms with E-state index in [1.165, 1.54) is 0 Å².